The van der Waals surface area contributed by atoms with Crippen molar-refractivity contribution < 1.29 is 0 Å². The van der Waals surface area contributed by atoms with E-state index < -0.39 is 0 Å². The number of fused-ring (bicyclic) bond motifs is 6. The fraction of sp³-hybridized carbons (Fsp3) is 0.0408. The molecule has 252 valence electrons. The van der Waals surface area contributed by atoms with Crippen LogP contribution in [0, 0.1) is 16.7 Å². The molecule has 2 unspecified atom stereocenters. The van der Waals surface area contributed by atoms with E-state index >= 15 is 0 Å². The average molecular weight is 681 g/mol. The van der Waals surface area contributed by atoms with Gasteiger partial charge < -0.3 is 11.1 Å². The Kier molecular flexibility index (Phi) is 8.06. The van der Waals surface area contributed by atoms with E-state index in [9.17, 15) is 0 Å². The van der Waals surface area contributed by atoms with E-state index in [1.807, 2.05) is 60.7 Å². The zero-order valence-corrected chi connectivity index (χ0v) is 29.0. The molecule has 1 aromatic heterocycles. The van der Waals surface area contributed by atoms with E-state index in [2.05, 4.69) is 121 Å². The first-order chi connectivity index (χ1) is 26.1. The lowest BCUT2D eigenvalue weighted by Gasteiger charge is -2.36. The maximum atomic E-state index is 8.00. The summed E-state index contributed by atoms with van der Waals surface area (Å²) < 4.78 is 0. The lowest BCUT2D eigenvalue weighted by atomic mass is 9.67. The molecule has 0 aliphatic heterocycles. The SMILES string of the molecule is N=C(C=C1c2ccccc21)c1ccccc1.N=C(N)c1ccc(C2c3ccccc3C(c3nc4ccccc4c4ccccc34)=C3C=CC=CC32)cc1. The summed E-state index contributed by atoms with van der Waals surface area (Å²) in [6.07, 6.45) is 10.8. The summed E-state index contributed by atoms with van der Waals surface area (Å²) in [6.45, 7) is 0. The monoisotopic (exact) mass is 680 g/mol. The Labute approximate surface area is 309 Å². The predicted molar refractivity (Wildman–Crippen MR) is 220 cm³/mol. The molecule has 3 aliphatic carbocycles. The normalized spacial score (nSPS) is 16.3. The van der Waals surface area contributed by atoms with Gasteiger partial charge in [-0.2, -0.15) is 0 Å². The van der Waals surface area contributed by atoms with E-state index in [4.69, 9.17) is 21.5 Å². The number of nitrogens with zero attached hydrogens (tertiary/aromatic N) is 1. The van der Waals surface area contributed by atoms with Crippen LogP contribution in [0.3, 0.4) is 0 Å². The van der Waals surface area contributed by atoms with Gasteiger partial charge in [0.2, 0.25) is 0 Å². The van der Waals surface area contributed by atoms with Crippen LogP contribution in [0.25, 0.3) is 32.8 Å². The summed E-state index contributed by atoms with van der Waals surface area (Å²) in [7, 11) is 0. The minimum Gasteiger partial charge on any atom is -0.384 e. The van der Waals surface area contributed by atoms with Gasteiger partial charge in [-0.1, -0.05) is 170 Å². The Balaban J connectivity index is 0.000000194. The van der Waals surface area contributed by atoms with Crippen LogP contribution in [0.1, 0.15) is 50.6 Å². The Bertz CT molecular complexity index is 2690. The van der Waals surface area contributed by atoms with E-state index in [0.29, 0.717) is 5.71 Å². The number of hydrogen-bond acceptors (Lipinski definition) is 3. The van der Waals surface area contributed by atoms with Crippen LogP contribution in [0.4, 0.5) is 0 Å². The highest BCUT2D eigenvalue weighted by molar-refractivity contribution is 6.17. The molecule has 0 amide bonds. The smallest absolute Gasteiger partial charge is 0.122 e. The summed E-state index contributed by atoms with van der Waals surface area (Å²) >= 11 is 0. The highest BCUT2D eigenvalue weighted by Crippen LogP contribution is 2.51. The molecule has 0 saturated heterocycles. The fourth-order valence-corrected chi connectivity index (χ4v) is 7.96. The largest absolute Gasteiger partial charge is 0.384 e. The quantitative estimate of drug-likeness (QED) is 0.0960. The third kappa shape index (κ3) is 5.81. The molecule has 10 rings (SSSR count). The highest BCUT2D eigenvalue weighted by atomic mass is 14.7. The first kappa shape index (κ1) is 32.0. The molecule has 4 heteroatoms. The third-order valence-electron chi connectivity index (χ3n) is 10.5. The molecule has 0 saturated carbocycles. The summed E-state index contributed by atoms with van der Waals surface area (Å²) in [6, 6.07) is 52.0. The van der Waals surface area contributed by atoms with Crippen molar-refractivity contribution in [1.82, 2.24) is 4.98 Å². The van der Waals surface area contributed by atoms with Crippen LogP contribution in [0.5, 0.6) is 0 Å². The highest BCUT2D eigenvalue weighted by Gasteiger charge is 2.36. The Morgan fingerprint density at radius 2 is 1.21 bits per heavy atom. The number of allylic oxidation sites excluding steroid dienone is 6. The van der Waals surface area contributed by atoms with Gasteiger partial charge >= 0.3 is 0 Å². The molecule has 7 aromatic rings. The van der Waals surface area contributed by atoms with Crippen LogP contribution in [0.2, 0.25) is 0 Å². The Morgan fingerprint density at radius 1 is 0.585 bits per heavy atom. The molecule has 53 heavy (non-hydrogen) atoms. The number of pyridine rings is 1. The molecule has 4 nitrogen and oxygen atoms in total. The summed E-state index contributed by atoms with van der Waals surface area (Å²) in [5, 5.41) is 19.4. The van der Waals surface area contributed by atoms with Gasteiger partial charge in [0.15, 0.2) is 0 Å². The van der Waals surface area contributed by atoms with Gasteiger partial charge in [-0.05, 0) is 62.1 Å². The van der Waals surface area contributed by atoms with E-state index in [1.165, 1.54) is 60.7 Å². The van der Waals surface area contributed by atoms with Crippen LogP contribution >= 0.6 is 0 Å². The number of nitrogens with one attached hydrogen (secondary N) is 2. The molecule has 1 heterocycles. The van der Waals surface area contributed by atoms with Crippen LogP contribution < -0.4 is 5.73 Å². The number of hydrogen-bond donors (Lipinski definition) is 3. The lowest BCUT2D eigenvalue weighted by Crippen LogP contribution is -2.23. The third-order valence-corrected chi connectivity index (χ3v) is 10.5. The molecular formula is C49H36N4. The molecule has 0 radical (unpaired) electrons. The summed E-state index contributed by atoms with van der Waals surface area (Å²) in [4.78, 5) is 5.29. The number of nitrogen functional groups attached to an aromatic ring is 1. The zero-order chi connectivity index (χ0) is 35.9. The summed E-state index contributed by atoms with van der Waals surface area (Å²) in [5.41, 5.74) is 20.1. The molecule has 4 N–H and O–H groups in total. The first-order valence-electron chi connectivity index (χ1n) is 17.9. The second kappa shape index (κ2) is 13.3. The molecule has 2 atom stereocenters. The summed E-state index contributed by atoms with van der Waals surface area (Å²) in [5.74, 6) is 0.419. The van der Waals surface area contributed by atoms with Crippen molar-refractivity contribution in [1.29, 1.82) is 10.8 Å². The van der Waals surface area contributed by atoms with Crippen molar-refractivity contribution in [3.05, 3.63) is 232 Å². The molecule has 3 aliphatic rings. The van der Waals surface area contributed by atoms with E-state index in [-0.39, 0.29) is 17.7 Å². The molecular weight excluding hydrogens is 645 g/mol. The van der Waals surface area contributed by atoms with Gasteiger partial charge in [-0.25, -0.2) is 4.98 Å². The van der Waals surface area contributed by atoms with Crippen molar-refractivity contribution in [3.63, 3.8) is 0 Å². The standard InChI is InChI=1S/C34H25N3.C15H11N/c35-34(36)22-19-17-21(18-20-22)31-25-11-2-4-13-27(25)32(28-14-5-3-12-26(28)31)33-29-15-6-1-9-23(29)24-10-7-8-16-30(24)37-33;16-15(11-6-2-1-3-7-11)10-14-12-8-4-5-9-13(12)14/h1-20,25,31H,(H3,35,36);1-10,16H. The van der Waals surface area contributed by atoms with Crippen molar-refractivity contribution in [2.75, 3.05) is 0 Å². The first-order valence-corrected chi connectivity index (χ1v) is 17.9. The van der Waals surface area contributed by atoms with Crippen LogP contribution in [0.15, 0.2) is 188 Å². The maximum absolute atomic E-state index is 8.00. The number of benzene rings is 6. The number of amidine groups is 1. The average Bonchev–Trinajstić information content (AvgIpc) is 3.92. The van der Waals surface area contributed by atoms with E-state index in [1.54, 1.807) is 0 Å². The minimum atomic E-state index is 0.0909. The molecule has 6 aromatic carbocycles. The van der Waals surface area contributed by atoms with Gasteiger partial charge in [0, 0.05) is 33.7 Å². The van der Waals surface area contributed by atoms with Crippen LogP contribution in [-0.4, -0.2) is 16.5 Å². The molecule has 0 bridgehead atoms. The fourth-order valence-electron chi connectivity index (χ4n) is 7.96. The lowest BCUT2D eigenvalue weighted by molar-refractivity contribution is 0.648. The molecule has 0 fully saturated rings. The topological polar surface area (TPSA) is 86.6 Å². The van der Waals surface area contributed by atoms with Crippen LogP contribution in [-0.2, 0) is 0 Å². The van der Waals surface area contributed by atoms with Gasteiger partial charge in [0.05, 0.1) is 16.9 Å². The van der Waals surface area contributed by atoms with Crippen molar-refractivity contribution >= 4 is 44.4 Å². The Hall–Kier alpha value is -6.91. The minimum absolute atomic E-state index is 0.0909. The predicted octanol–water partition coefficient (Wildman–Crippen LogP) is 10.9. The van der Waals surface area contributed by atoms with E-state index in [0.717, 1.165) is 22.3 Å². The van der Waals surface area contributed by atoms with Crippen molar-refractivity contribution in [3.8, 4) is 0 Å². The maximum Gasteiger partial charge on any atom is 0.122 e. The number of rotatable bonds is 5. The Morgan fingerprint density at radius 3 is 1.94 bits per heavy atom. The van der Waals surface area contributed by atoms with Gasteiger partial charge in [-0.15, -0.1) is 0 Å². The molecule has 0 spiro atoms. The van der Waals surface area contributed by atoms with Crippen molar-refractivity contribution in [2.45, 2.75) is 5.92 Å². The number of aromatic nitrogens is 1. The van der Waals surface area contributed by atoms with Crippen molar-refractivity contribution in [2.24, 2.45) is 11.7 Å². The number of para-hydroxylation sites is 1. The number of nitrogens with two attached hydrogens (primary N) is 1. The van der Waals surface area contributed by atoms with Gasteiger partial charge in [0.1, 0.15) is 5.84 Å². The second-order valence-corrected chi connectivity index (χ2v) is 13.6. The van der Waals surface area contributed by atoms with Gasteiger partial charge in [0.25, 0.3) is 0 Å². The zero-order valence-electron chi connectivity index (χ0n) is 29.0. The second-order valence-electron chi connectivity index (χ2n) is 13.6. The van der Waals surface area contributed by atoms with Gasteiger partial charge in [-0.3, -0.25) is 5.41 Å².